The van der Waals surface area contributed by atoms with Crippen molar-refractivity contribution in [3.8, 4) is 0 Å². The number of halogens is 3. The van der Waals surface area contributed by atoms with Crippen molar-refractivity contribution >= 4 is 40.1 Å². The zero-order valence-corrected chi connectivity index (χ0v) is 12.9. The number of nitrogens with one attached hydrogen (secondary N) is 2. The zero-order valence-electron chi connectivity index (χ0n) is 10.5. The van der Waals surface area contributed by atoms with Crippen LogP contribution < -0.4 is 10.6 Å². The fraction of sp³-hybridized carbons (Fsp3) is 0.417. The molecule has 1 atom stereocenters. The summed E-state index contributed by atoms with van der Waals surface area (Å²) < 4.78 is 13.7. The number of benzene rings is 1. The Morgan fingerprint density at radius 2 is 2.32 bits per heavy atom. The molecule has 1 fully saturated rings. The highest BCUT2D eigenvalue weighted by Crippen LogP contribution is 2.19. The van der Waals surface area contributed by atoms with E-state index < -0.39 is 0 Å². The molecule has 0 aliphatic carbocycles. The first-order valence-corrected chi connectivity index (χ1v) is 6.60. The molecule has 4 nitrogen and oxygen atoms in total. The zero-order chi connectivity index (χ0) is 13.1. The van der Waals surface area contributed by atoms with Crippen molar-refractivity contribution in [1.82, 2.24) is 10.2 Å². The normalized spacial score (nSPS) is 18.7. The lowest BCUT2D eigenvalue weighted by molar-refractivity contribution is 0.192. The third-order valence-corrected chi connectivity index (χ3v) is 3.47. The van der Waals surface area contributed by atoms with E-state index in [9.17, 15) is 9.18 Å². The fourth-order valence-electron chi connectivity index (χ4n) is 1.89. The van der Waals surface area contributed by atoms with Gasteiger partial charge in [0.15, 0.2) is 0 Å². The molecular formula is C12H16BrClFN3O. The van der Waals surface area contributed by atoms with Crippen LogP contribution in [0.3, 0.4) is 0 Å². The Balaban J connectivity index is 0.00000180. The topological polar surface area (TPSA) is 44.4 Å². The van der Waals surface area contributed by atoms with E-state index in [2.05, 4.69) is 26.6 Å². The Hall–Kier alpha value is -0.850. The van der Waals surface area contributed by atoms with Crippen LogP contribution in [0.25, 0.3) is 0 Å². The minimum Gasteiger partial charge on any atom is -0.322 e. The predicted octanol–water partition coefficient (Wildman–Crippen LogP) is 2.84. The van der Waals surface area contributed by atoms with Crippen molar-refractivity contribution in [2.24, 2.45) is 0 Å². The van der Waals surface area contributed by atoms with Crippen LogP contribution in [0.15, 0.2) is 22.7 Å². The van der Waals surface area contributed by atoms with Gasteiger partial charge in [0.1, 0.15) is 5.82 Å². The summed E-state index contributed by atoms with van der Waals surface area (Å²) in [5, 5.41) is 5.96. The number of urea groups is 1. The van der Waals surface area contributed by atoms with E-state index in [1.165, 1.54) is 6.07 Å². The summed E-state index contributed by atoms with van der Waals surface area (Å²) in [5.74, 6) is -0.388. The molecule has 2 N–H and O–H groups in total. The first-order valence-electron chi connectivity index (χ1n) is 5.80. The molecule has 0 bridgehead atoms. The van der Waals surface area contributed by atoms with Crippen LogP contribution in [-0.2, 0) is 0 Å². The highest BCUT2D eigenvalue weighted by Gasteiger charge is 2.20. The first kappa shape index (κ1) is 16.2. The number of hydrogen-bond donors (Lipinski definition) is 2. The Labute approximate surface area is 126 Å². The van der Waals surface area contributed by atoms with Crippen LogP contribution in [0.4, 0.5) is 14.9 Å². The minimum absolute atomic E-state index is 0. The molecule has 0 saturated carbocycles. The van der Waals surface area contributed by atoms with Crippen molar-refractivity contribution in [2.45, 2.75) is 13.0 Å². The van der Waals surface area contributed by atoms with E-state index in [-0.39, 0.29) is 30.3 Å². The summed E-state index contributed by atoms with van der Waals surface area (Å²) in [4.78, 5) is 13.7. The Morgan fingerprint density at radius 3 is 2.95 bits per heavy atom. The van der Waals surface area contributed by atoms with Gasteiger partial charge in [0.25, 0.3) is 0 Å². The maximum absolute atomic E-state index is 13.3. The highest BCUT2D eigenvalue weighted by molar-refractivity contribution is 9.10. The quantitative estimate of drug-likeness (QED) is 0.816. The Kier molecular flexibility index (Phi) is 6.03. The largest absolute Gasteiger partial charge is 0.322 e. The number of anilines is 1. The van der Waals surface area contributed by atoms with E-state index in [1.54, 1.807) is 17.0 Å². The van der Waals surface area contributed by atoms with Gasteiger partial charge in [0.2, 0.25) is 0 Å². The van der Waals surface area contributed by atoms with Gasteiger partial charge in [-0.05, 0) is 41.1 Å². The van der Waals surface area contributed by atoms with Crippen LogP contribution in [-0.4, -0.2) is 36.6 Å². The molecule has 0 spiro atoms. The number of carbonyl (C=O) groups excluding carboxylic acids is 1. The van der Waals surface area contributed by atoms with E-state index in [4.69, 9.17) is 0 Å². The minimum atomic E-state index is -0.388. The molecule has 0 aromatic heterocycles. The smallest absolute Gasteiger partial charge is 0.321 e. The molecule has 1 aliphatic rings. The SMILES string of the molecule is C[C@H]1CN(C(=O)Nc2ccc(Br)c(F)c2)CCN1.Cl. The van der Waals surface area contributed by atoms with Gasteiger partial charge >= 0.3 is 6.03 Å². The molecule has 1 saturated heterocycles. The van der Waals surface area contributed by atoms with Crippen LogP contribution in [0.5, 0.6) is 0 Å². The summed E-state index contributed by atoms with van der Waals surface area (Å²) in [6, 6.07) is 4.63. The molecule has 2 rings (SSSR count). The van der Waals surface area contributed by atoms with Gasteiger partial charge in [0, 0.05) is 31.4 Å². The highest BCUT2D eigenvalue weighted by atomic mass is 79.9. The monoisotopic (exact) mass is 351 g/mol. The lowest BCUT2D eigenvalue weighted by Gasteiger charge is -2.31. The van der Waals surface area contributed by atoms with Crippen LogP contribution in [0, 0.1) is 5.82 Å². The van der Waals surface area contributed by atoms with E-state index in [1.807, 2.05) is 6.92 Å². The molecule has 1 heterocycles. The van der Waals surface area contributed by atoms with Crippen molar-refractivity contribution < 1.29 is 9.18 Å². The third kappa shape index (κ3) is 4.33. The number of amides is 2. The fourth-order valence-corrected chi connectivity index (χ4v) is 2.14. The summed E-state index contributed by atoms with van der Waals surface area (Å²) in [7, 11) is 0. The van der Waals surface area contributed by atoms with E-state index >= 15 is 0 Å². The standard InChI is InChI=1S/C12H15BrFN3O.ClH/c1-8-7-17(5-4-15-8)12(18)16-9-2-3-10(13)11(14)6-9;/h2-3,6,8,15H,4-5,7H2,1H3,(H,16,18);1H/t8-;/m0./s1. The number of hydrogen-bond acceptors (Lipinski definition) is 2. The van der Waals surface area contributed by atoms with Gasteiger partial charge in [-0.25, -0.2) is 9.18 Å². The van der Waals surface area contributed by atoms with Gasteiger partial charge < -0.3 is 15.5 Å². The van der Waals surface area contributed by atoms with Gasteiger partial charge in [-0.1, -0.05) is 0 Å². The third-order valence-electron chi connectivity index (χ3n) is 2.83. The maximum atomic E-state index is 13.3. The van der Waals surface area contributed by atoms with Crippen molar-refractivity contribution in [1.29, 1.82) is 0 Å². The maximum Gasteiger partial charge on any atom is 0.321 e. The second-order valence-corrected chi connectivity index (χ2v) is 5.21. The number of carbonyl (C=O) groups is 1. The summed E-state index contributed by atoms with van der Waals surface area (Å²) in [6.45, 7) is 4.13. The lowest BCUT2D eigenvalue weighted by Crippen LogP contribution is -2.52. The molecule has 2 amide bonds. The van der Waals surface area contributed by atoms with Crippen LogP contribution in [0.2, 0.25) is 0 Å². The average molecular weight is 353 g/mol. The molecule has 19 heavy (non-hydrogen) atoms. The molecule has 1 aromatic rings. The van der Waals surface area contributed by atoms with Gasteiger partial charge in [-0.15, -0.1) is 12.4 Å². The van der Waals surface area contributed by atoms with Crippen molar-refractivity contribution in [3.05, 3.63) is 28.5 Å². The molecule has 0 radical (unpaired) electrons. The Morgan fingerprint density at radius 1 is 1.58 bits per heavy atom. The van der Waals surface area contributed by atoms with Gasteiger partial charge in [-0.3, -0.25) is 0 Å². The van der Waals surface area contributed by atoms with Gasteiger partial charge in [-0.2, -0.15) is 0 Å². The molecule has 1 aromatic carbocycles. The van der Waals surface area contributed by atoms with Gasteiger partial charge in [0.05, 0.1) is 4.47 Å². The van der Waals surface area contributed by atoms with E-state index in [0.29, 0.717) is 23.2 Å². The second-order valence-electron chi connectivity index (χ2n) is 4.36. The van der Waals surface area contributed by atoms with Crippen LogP contribution >= 0.6 is 28.3 Å². The summed E-state index contributed by atoms with van der Waals surface area (Å²) in [5.41, 5.74) is 0.465. The predicted molar refractivity (Wildman–Crippen MR) is 79.4 cm³/mol. The molecule has 7 heteroatoms. The van der Waals surface area contributed by atoms with Crippen molar-refractivity contribution in [2.75, 3.05) is 25.0 Å². The van der Waals surface area contributed by atoms with Crippen LogP contribution in [0.1, 0.15) is 6.92 Å². The number of nitrogens with zero attached hydrogens (tertiary/aromatic N) is 1. The number of rotatable bonds is 1. The van der Waals surface area contributed by atoms with Crippen molar-refractivity contribution in [3.63, 3.8) is 0 Å². The second kappa shape index (κ2) is 7.07. The first-order chi connectivity index (χ1) is 8.56. The molecular weight excluding hydrogens is 337 g/mol. The summed E-state index contributed by atoms with van der Waals surface area (Å²) in [6.07, 6.45) is 0. The van der Waals surface area contributed by atoms with E-state index in [0.717, 1.165) is 6.54 Å². The lowest BCUT2D eigenvalue weighted by atomic mass is 10.2. The molecule has 0 unspecified atom stereocenters. The summed E-state index contributed by atoms with van der Waals surface area (Å²) >= 11 is 3.07. The number of piperazine rings is 1. The molecule has 1 aliphatic heterocycles. The Bertz CT molecular complexity index is 461. The molecule has 106 valence electrons. The average Bonchev–Trinajstić information content (AvgIpc) is 2.34.